The van der Waals surface area contributed by atoms with Gasteiger partial charge in [0.25, 0.3) is 0 Å². The second-order valence-electron chi connectivity index (χ2n) is 5.71. The molecule has 0 atom stereocenters. The number of alkyl halides is 3. The van der Waals surface area contributed by atoms with E-state index < -0.39 is 17.6 Å². The lowest BCUT2D eigenvalue weighted by molar-refractivity contribution is -0.274. The second-order valence-corrected chi connectivity index (χ2v) is 5.71. The molecule has 0 amide bonds. The molecule has 1 N–H and O–H groups in total. The van der Waals surface area contributed by atoms with Crippen molar-refractivity contribution in [2.24, 2.45) is 0 Å². The summed E-state index contributed by atoms with van der Waals surface area (Å²) in [5.74, 6) is -1.15. The van der Waals surface area contributed by atoms with Crippen molar-refractivity contribution in [2.75, 3.05) is 0 Å². The molecule has 0 radical (unpaired) electrons. The molecular weight excluding hydrogens is 354 g/mol. The Balaban J connectivity index is 2.02. The Kier molecular flexibility index (Phi) is 4.35. The molecule has 1 heterocycles. The number of rotatable bonds is 3. The minimum atomic E-state index is -4.79. The van der Waals surface area contributed by atoms with Crippen molar-refractivity contribution in [1.82, 2.24) is 4.73 Å². The Morgan fingerprint density at radius 1 is 1.12 bits per heavy atom. The SMILES string of the molecule is Cc1c(Cc2ccc(OC(F)(F)F)cc2)c(=O)c2c(F)cccc2n1O. The fourth-order valence-electron chi connectivity index (χ4n) is 2.76. The summed E-state index contributed by atoms with van der Waals surface area (Å²) in [5, 5.41) is 9.96. The lowest BCUT2D eigenvalue weighted by Crippen LogP contribution is -2.19. The van der Waals surface area contributed by atoms with Gasteiger partial charge in [-0.15, -0.1) is 13.2 Å². The maximum absolute atomic E-state index is 14.0. The number of benzene rings is 2. The highest BCUT2D eigenvalue weighted by atomic mass is 19.4. The number of halogens is 4. The zero-order chi connectivity index (χ0) is 19.1. The summed E-state index contributed by atoms with van der Waals surface area (Å²) in [7, 11) is 0. The number of pyridine rings is 1. The van der Waals surface area contributed by atoms with Crippen LogP contribution in [0.5, 0.6) is 5.75 Å². The van der Waals surface area contributed by atoms with E-state index in [0.717, 1.165) is 22.9 Å². The van der Waals surface area contributed by atoms with Crippen LogP contribution in [-0.2, 0) is 6.42 Å². The van der Waals surface area contributed by atoms with Crippen LogP contribution in [0.2, 0.25) is 0 Å². The predicted octanol–water partition coefficient (Wildman–Crippen LogP) is 4.18. The molecule has 0 aliphatic heterocycles. The zero-order valence-corrected chi connectivity index (χ0v) is 13.5. The van der Waals surface area contributed by atoms with E-state index in [4.69, 9.17) is 0 Å². The van der Waals surface area contributed by atoms with E-state index in [2.05, 4.69) is 4.74 Å². The van der Waals surface area contributed by atoms with Gasteiger partial charge in [-0.2, -0.15) is 4.73 Å². The molecule has 0 aliphatic carbocycles. The maximum atomic E-state index is 14.0. The number of hydrogen-bond acceptors (Lipinski definition) is 3. The summed E-state index contributed by atoms with van der Waals surface area (Å²) < 4.78 is 55.2. The quantitative estimate of drug-likeness (QED) is 0.558. The van der Waals surface area contributed by atoms with E-state index in [1.54, 1.807) is 0 Å². The molecular formula is C18H13F4NO3. The highest BCUT2D eigenvalue weighted by molar-refractivity contribution is 5.80. The normalized spacial score (nSPS) is 11.7. The smallest absolute Gasteiger partial charge is 0.428 e. The fraction of sp³-hybridized carbons (Fsp3) is 0.167. The number of fused-ring (bicyclic) bond motifs is 1. The van der Waals surface area contributed by atoms with E-state index in [0.29, 0.717) is 5.56 Å². The van der Waals surface area contributed by atoms with Gasteiger partial charge in [-0.25, -0.2) is 4.39 Å². The molecule has 8 heteroatoms. The molecule has 136 valence electrons. The van der Waals surface area contributed by atoms with Gasteiger partial charge >= 0.3 is 6.36 Å². The van der Waals surface area contributed by atoms with Crippen LogP contribution < -0.4 is 10.2 Å². The van der Waals surface area contributed by atoms with Gasteiger partial charge in [-0.1, -0.05) is 18.2 Å². The molecule has 0 unspecified atom stereocenters. The number of nitrogens with zero attached hydrogens (tertiary/aromatic N) is 1. The summed E-state index contributed by atoms with van der Waals surface area (Å²) in [4.78, 5) is 12.6. The molecule has 0 spiro atoms. The highest BCUT2D eigenvalue weighted by Gasteiger charge is 2.31. The summed E-state index contributed by atoms with van der Waals surface area (Å²) >= 11 is 0. The van der Waals surface area contributed by atoms with Crippen LogP contribution in [0.1, 0.15) is 16.8 Å². The molecule has 0 aliphatic rings. The van der Waals surface area contributed by atoms with E-state index in [1.807, 2.05) is 0 Å². The third kappa shape index (κ3) is 3.35. The fourth-order valence-corrected chi connectivity index (χ4v) is 2.76. The number of hydrogen-bond donors (Lipinski definition) is 1. The molecule has 0 saturated heterocycles. The van der Waals surface area contributed by atoms with Crippen LogP contribution in [0.15, 0.2) is 47.3 Å². The predicted molar refractivity (Wildman–Crippen MR) is 86.0 cm³/mol. The Morgan fingerprint density at radius 2 is 1.77 bits per heavy atom. The lowest BCUT2D eigenvalue weighted by atomic mass is 10.0. The van der Waals surface area contributed by atoms with Gasteiger partial charge in [0, 0.05) is 12.0 Å². The standard InChI is InChI=1S/C18H13F4NO3/c1-10-13(9-11-5-7-12(8-6-11)26-18(20,21)22)17(24)16-14(19)3-2-4-15(16)23(10)25/h2-8,25H,9H2,1H3. The Hall–Kier alpha value is -3.03. The van der Waals surface area contributed by atoms with Crippen LogP contribution in [0, 0.1) is 12.7 Å². The zero-order valence-electron chi connectivity index (χ0n) is 13.5. The van der Waals surface area contributed by atoms with Crippen LogP contribution in [0.3, 0.4) is 0 Å². The van der Waals surface area contributed by atoms with Gasteiger partial charge in [0.15, 0.2) is 5.43 Å². The first-order valence-corrected chi connectivity index (χ1v) is 7.54. The van der Waals surface area contributed by atoms with E-state index in [9.17, 15) is 27.6 Å². The van der Waals surface area contributed by atoms with Crippen molar-refractivity contribution < 1.29 is 27.5 Å². The molecule has 0 bridgehead atoms. The Morgan fingerprint density at radius 3 is 2.38 bits per heavy atom. The van der Waals surface area contributed by atoms with Crippen molar-refractivity contribution >= 4 is 10.9 Å². The summed E-state index contributed by atoms with van der Waals surface area (Å²) in [6.45, 7) is 1.50. The van der Waals surface area contributed by atoms with Gasteiger partial charge in [0.2, 0.25) is 0 Å². The molecule has 3 aromatic rings. The number of ether oxygens (including phenoxy) is 1. The molecule has 0 saturated carbocycles. The first kappa shape index (κ1) is 17.8. The van der Waals surface area contributed by atoms with Crippen LogP contribution >= 0.6 is 0 Å². The molecule has 3 rings (SSSR count). The van der Waals surface area contributed by atoms with Crippen LogP contribution in [0.4, 0.5) is 17.6 Å². The van der Waals surface area contributed by atoms with Crippen molar-refractivity contribution in [3.05, 3.63) is 75.3 Å². The molecule has 1 aromatic heterocycles. The van der Waals surface area contributed by atoms with Crippen LogP contribution in [-0.4, -0.2) is 16.3 Å². The molecule has 26 heavy (non-hydrogen) atoms. The minimum absolute atomic E-state index is 0.0157. The largest absolute Gasteiger partial charge is 0.573 e. The number of aromatic nitrogens is 1. The third-order valence-corrected chi connectivity index (χ3v) is 4.01. The van der Waals surface area contributed by atoms with Crippen molar-refractivity contribution in [1.29, 1.82) is 0 Å². The maximum Gasteiger partial charge on any atom is 0.573 e. The lowest BCUT2D eigenvalue weighted by Gasteiger charge is -2.13. The van der Waals surface area contributed by atoms with Gasteiger partial charge in [0.1, 0.15) is 11.6 Å². The summed E-state index contributed by atoms with van der Waals surface area (Å²) in [6, 6.07) is 8.89. The van der Waals surface area contributed by atoms with Crippen molar-refractivity contribution in [2.45, 2.75) is 19.7 Å². The first-order chi connectivity index (χ1) is 12.2. The summed E-state index contributed by atoms with van der Waals surface area (Å²) in [5.41, 5.74) is 0.357. The molecule has 4 nitrogen and oxygen atoms in total. The minimum Gasteiger partial charge on any atom is -0.428 e. The van der Waals surface area contributed by atoms with Gasteiger partial charge in [-0.3, -0.25) is 4.79 Å². The topological polar surface area (TPSA) is 51.5 Å². The van der Waals surface area contributed by atoms with Crippen molar-refractivity contribution in [3.8, 4) is 5.75 Å². The van der Waals surface area contributed by atoms with Gasteiger partial charge in [0.05, 0.1) is 16.6 Å². The second kappa shape index (κ2) is 6.36. The van der Waals surface area contributed by atoms with E-state index in [1.165, 1.54) is 31.2 Å². The highest BCUT2D eigenvalue weighted by Crippen LogP contribution is 2.24. The Labute approximate surface area is 144 Å². The van der Waals surface area contributed by atoms with E-state index in [-0.39, 0.29) is 34.3 Å². The monoisotopic (exact) mass is 367 g/mol. The average Bonchev–Trinajstić information content (AvgIpc) is 2.56. The molecule has 0 fully saturated rings. The van der Waals surface area contributed by atoms with Crippen molar-refractivity contribution in [3.63, 3.8) is 0 Å². The van der Waals surface area contributed by atoms with E-state index >= 15 is 0 Å². The molecule has 2 aromatic carbocycles. The third-order valence-electron chi connectivity index (χ3n) is 4.01. The average molecular weight is 367 g/mol. The van der Waals surface area contributed by atoms with Crippen LogP contribution in [0.25, 0.3) is 10.9 Å². The summed E-state index contributed by atoms with van der Waals surface area (Å²) in [6.07, 6.45) is -4.78. The van der Waals surface area contributed by atoms with Gasteiger partial charge in [-0.05, 0) is 36.8 Å². The first-order valence-electron chi connectivity index (χ1n) is 7.54. The van der Waals surface area contributed by atoms with Gasteiger partial charge < -0.3 is 9.94 Å². The Bertz CT molecular complexity index is 1020.